The lowest BCUT2D eigenvalue weighted by molar-refractivity contribution is 0.196. The van der Waals surface area contributed by atoms with E-state index >= 15 is 0 Å². The van der Waals surface area contributed by atoms with E-state index in [2.05, 4.69) is 5.32 Å². The molecule has 3 atom stereocenters. The number of hydrogen-bond acceptors (Lipinski definition) is 3. The Hall–Kier alpha value is -0.580. The van der Waals surface area contributed by atoms with Crippen LogP contribution in [0.2, 0.25) is 0 Å². The van der Waals surface area contributed by atoms with Gasteiger partial charge >= 0.3 is 0 Å². The SMILES string of the molecule is CCNC(C)c1cc(F)c(C)cc1SC(C)C(C)O. The van der Waals surface area contributed by atoms with Crippen LogP contribution >= 0.6 is 11.8 Å². The van der Waals surface area contributed by atoms with Crippen LogP contribution in [0.5, 0.6) is 0 Å². The van der Waals surface area contributed by atoms with Crippen LogP contribution in [0.4, 0.5) is 4.39 Å². The van der Waals surface area contributed by atoms with Crippen molar-refractivity contribution in [1.82, 2.24) is 5.32 Å². The molecule has 0 aromatic heterocycles. The Kier molecular flexibility index (Phi) is 6.30. The largest absolute Gasteiger partial charge is 0.392 e. The second kappa shape index (κ2) is 7.27. The Labute approximate surface area is 119 Å². The minimum atomic E-state index is -0.391. The van der Waals surface area contributed by atoms with Gasteiger partial charge in [0.05, 0.1) is 6.10 Å². The lowest BCUT2D eigenvalue weighted by Gasteiger charge is -2.21. The van der Waals surface area contributed by atoms with Crippen LogP contribution < -0.4 is 5.32 Å². The summed E-state index contributed by atoms with van der Waals surface area (Å²) >= 11 is 1.60. The van der Waals surface area contributed by atoms with Crippen LogP contribution in [-0.2, 0) is 0 Å². The standard InChI is InChI=1S/C15H24FNOS/c1-6-17-10(3)13-8-14(16)9(2)7-15(13)19-12(5)11(4)18/h7-8,10-12,17-18H,6H2,1-5H3. The molecule has 1 aromatic rings. The van der Waals surface area contributed by atoms with E-state index in [4.69, 9.17) is 0 Å². The molecule has 0 aliphatic heterocycles. The molecule has 3 unspecified atom stereocenters. The molecular weight excluding hydrogens is 261 g/mol. The number of aliphatic hydroxyl groups excluding tert-OH is 1. The summed E-state index contributed by atoms with van der Waals surface area (Å²) in [5, 5.41) is 13.0. The lowest BCUT2D eigenvalue weighted by atomic mass is 10.1. The fourth-order valence-corrected chi connectivity index (χ4v) is 3.04. The van der Waals surface area contributed by atoms with Gasteiger partial charge in [0.15, 0.2) is 0 Å². The molecule has 0 fully saturated rings. The molecule has 19 heavy (non-hydrogen) atoms. The fraction of sp³-hybridized carbons (Fsp3) is 0.600. The number of rotatable bonds is 6. The summed E-state index contributed by atoms with van der Waals surface area (Å²) in [7, 11) is 0. The van der Waals surface area contributed by atoms with Gasteiger partial charge in [-0.3, -0.25) is 0 Å². The fourth-order valence-electron chi connectivity index (χ4n) is 1.83. The summed E-state index contributed by atoms with van der Waals surface area (Å²) in [6.45, 7) is 10.4. The zero-order valence-electron chi connectivity index (χ0n) is 12.3. The summed E-state index contributed by atoms with van der Waals surface area (Å²) in [5.74, 6) is -0.172. The minimum absolute atomic E-state index is 0.0810. The maximum Gasteiger partial charge on any atom is 0.126 e. The molecule has 0 aliphatic rings. The van der Waals surface area contributed by atoms with Gasteiger partial charge in [0, 0.05) is 16.2 Å². The first-order valence-electron chi connectivity index (χ1n) is 6.75. The van der Waals surface area contributed by atoms with Crippen LogP contribution in [0.15, 0.2) is 17.0 Å². The summed E-state index contributed by atoms with van der Waals surface area (Å²) in [5.41, 5.74) is 1.61. The van der Waals surface area contributed by atoms with Gasteiger partial charge < -0.3 is 10.4 Å². The van der Waals surface area contributed by atoms with E-state index in [1.807, 2.05) is 26.8 Å². The number of aryl methyl sites for hydroxylation is 1. The Morgan fingerprint density at radius 3 is 2.47 bits per heavy atom. The van der Waals surface area contributed by atoms with Crippen LogP contribution in [0.3, 0.4) is 0 Å². The Balaban J connectivity index is 3.09. The second-order valence-corrected chi connectivity index (χ2v) is 6.40. The van der Waals surface area contributed by atoms with E-state index in [0.29, 0.717) is 5.56 Å². The lowest BCUT2D eigenvalue weighted by Crippen LogP contribution is -2.20. The van der Waals surface area contributed by atoms with Crippen LogP contribution in [0.1, 0.15) is 44.9 Å². The molecule has 0 amide bonds. The number of thioether (sulfide) groups is 1. The molecule has 0 bridgehead atoms. The summed E-state index contributed by atoms with van der Waals surface area (Å²) in [6.07, 6.45) is -0.391. The maximum atomic E-state index is 13.8. The van der Waals surface area contributed by atoms with Crippen molar-refractivity contribution in [2.45, 2.75) is 56.9 Å². The summed E-state index contributed by atoms with van der Waals surface area (Å²) < 4.78 is 13.8. The highest BCUT2D eigenvalue weighted by atomic mass is 32.2. The van der Waals surface area contributed by atoms with Crippen LogP contribution in [0.25, 0.3) is 0 Å². The smallest absolute Gasteiger partial charge is 0.126 e. The van der Waals surface area contributed by atoms with Gasteiger partial charge in [-0.05, 0) is 50.6 Å². The number of nitrogens with one attached hydrogen (secondary N) is 1. The molecule has 4 heteroatoms. The highest BCUT2D eigenvalue weighted by Gasteiger charge is 2.17. The molecule has 1 rings (SSSR count). The molecule has 0 radical (unpaired) electrons. The highest BCUT2D eigenvalue weighted by molar-refractivity contribution is 8.00. The molecule has 1 aromatic carbocycles. The van der Waals surface area contributed by atoms with Crippen molar-refractivity contribution in [2.24, 2.45) is 0 Å². The average Bonchev–Trinajstić information content (AvgIpc) is 2.33. The van der Waals surface area contributed by atoms with Gasteiger partial charge in [0.2, 0.25) is 0 Å². The Morgan fingerprint density at radius 2 is 1.95 bits per heavy atom. The molecule has 2 N–H and O–H groups in total. The van der Waals surface area contributed by atoms with E-state index in [1.54, 1.807) is 31.7 Å². The van der Waals surface area contributed by atoms with Crippen LogP contribution in [0, 0.1) is 12.7 Å². The Morgan fingerprint density at radius 1 is 1.32 bits per heavy atom. The third kappa shape index (κ3) is 4.48. The van der Waals surface area contributed by atoms with Gasteiger partial charge in [-0.2, -0.15) is 0 Å². The van der Waals surface area contributed by atoms with Gasteiger partial charge in [-0.25, -0.2) is 4.39 Å². The van der Waals surface area contributed by atoms with E-state index < -0.39 is 6.10 Å². The predicted octanol–water partition coefficient (Wildman–Crippen LogP) is 3.67. The Bertz CT molecular complexity index is 423. The molecule has 2 nitrogen and oxygen atoms in total. The predicted molar refractivity (Wildman–Crippen MR) is 80.2 cm³/mol. The third-order valence-electron chi connectivity index (χ3n) is 3.26. The van der Waals surface area contributed by atoms with Crippen LogP contribution in [-0.4, -0.2) is 23.0 Å². The number of aliphatic hydroxyl groups is 1. The normalized spacial score (nSPS) is 16.2. The van der Waals surface area contributed by atoms with Gasteiger partial charge in [0.25, 0.3) is 0 Å². The first kappa shape index (κ1) is 16.5. The molecule has 0 saturated carbocycles. The number of hydrogen-bond donors (Lipinski definition) is 2. The summed E-state index contributed by atoms with van der Waals surface area (Å²) in [4.78, 5) is 1.04. The molecule has 0 spiro atoms. The van der Waals surface area contributed by atoms with Crippen molar-refractivity contribution >= 4 is 11.8 Å². The first-order valence-corrected chi connectivity index (χ1v) is 7.62. The summed E-state index contributed by atoms with van der Waals surface area (Å²) in [6, 6.07) is 3.59. The van der Waals surface area contributed by atoms with E-state index in [-0.39, 0.29) is 17.1 Å². The highest BCUT2D eigenvalue weighted by Crippen LogP contribution is 2.33. The van der Waals surface area contributed by atoms with E-state index in [0.717, 1.165) is 17.0 Å². The van der Waals surface area contributed by atoms with Gasteiger partial charge in [-0.1, -0.05) is 13.8 Å². The number of benzene rings is 1. The molecule has 108 valence electrons. The quantitative estimate of drug-likeness (QED) is 0.782. The van der Waals surface area contributed by atoms with Gasteiger partial charge in [0.1, 0.15) is 5.82 Å². The van der Waals surface area contributed by atoms with Crippen molar-refractivity contribution in [3.05, 3.63) is 29.1 Å². The zero-order chi connectivity index (χ0) is 14.6. The molecule has 0 saturated heterocycles. The van der Waals surface area contributed by atoms with E-state index in [1.165, 1.54) is 0 Å². The molecule has 0 heterocycles. The van der Waals surface area contributed by atoms with Gasteiger partial charge in [-0.15, -0.1) is 11.8 Å². The molecular formula is C15H24FNOS. The first-order chi connectivity index (χ1) is 8.86. The second-order valence-electron chi connectivity index (χ2n) is 4.98. The maximum absolute atomic E-state index is 13.8. The van der Waals surface area contributed by atoms with Crippen molar-refractivity contribution in [1.29, 1.82) is 0 Å². The third-order valence-corrected chi connectivity index (χ3v) is 4.63. The van der Waals surface area contributed by atoms with E-state index in [9.17, 15) is 9.50 Å². The molecule has 0 aliphatic carbocycles. The zero-order valence-corrected chi connectivity index (χ0v) is 13.1. The number of halogens is 1. The van der Waals surface area contributed by atoms with Crippen molar-refractivity contribution in [2.75, 3.05) is 6.54 Å². The minimum Gasteiger partial charge on any atom is -0.392 e. The monoisotopic (exact) mass is 285 g/mol. The topological polar surface area (TPSA) is 32.3 Å². The average molecular weight is 285 g/mol. The van der Waals surface area contributed by atoms with Crippen molar-refractivity contribution in [3.8, 4) is 0 Å². The van der Waals surface area contributed by atoms with Crippen molar-refractivity contribution < 1.29 is 9.50 Å². The van der Waals surface area contributed by atoms with Crippen molar-refractivity contribution in [3.63, 3.8) is 0 Å².